The predicted molar refractivity (Wildman–Crippen MR) is 129 cm³/mol. The number of fused-ring (bicyclic) bond motifs is 3. The first kappa shape index (κ1) is 20.8. The van der Waals surface area contributed by atoms with Crippen LogP contribution in [0.1, 0.15) is 21.5 Å². The lowest BCUT2D eigenvalue weighted by molar-refractivity contribution is -0.123. The van der Waals surface area contributed by atoms with Crippen molar-refractivity contribution < 1.29 is 9.59 Å². The van der Waals surface area contributed by atoms with E-state index in [0.29, 0.717) is 37.0 Å². The maximum atomic E-state index is 13.8. The summed E-state index contributed by atoms with van der Waals surface area (Å²) in [4.78, 5) is 28.5. The third-order valence-corrected chi connectivity index (χ3v) is 7.22. The molecule has 0 fully saturated rings. The van der Waals surface area contributed by atoms with Crippen LogP contribution in [0.3, 0.4) is 0 Å². The van der Waals surface area contributed by atoms with Crippen LogP contribution in [0.4, 0.5) is 11.4 Å². The van der Waals surface area contributed by atoms with Crippen LogP contribution in [0, 0.1) is 0 Å². The Hall–Kier alpha value is -2.06. The summed E-state index contributed by atoms with van der Waals surface area (Å²) in [5.74, 6) is -0.621. The minimum atomic E-state index is -1.41. The average Bonchev–Trinajstić information content (AvgIpc) is 2.95. The molecule has 9 heteroatoms. The van der Waals surface area contributed by atoms with E-state index in [0.717, 1.165) is 10.0 Å². The molecule has 31 heavy (non-hydrogen) atoms. The summed E-state index contributed by atoms with van der Waals surface area (Å²) < 4.78 is 1.43. The van der Waals surface area contributed by atoms with Crippen molar-refractivity contribution in [1.82, 2.24) is 5.32 Å². The van der Waals surface area contributed by atoms with Crippen molar-refractivity contribution in [3.8, 4) is 0 Å². The summed E-state index contributed by atoms with van der Waals surface area (Å²) in [5, 5.41) is 7.08. The molecule has 0 saturated heterocycles. The van der Waals surface area contributed by atoms with Crippen molar-refractivity contribution in [2.75, 3.05) is 10.2 Å². The highest BCUT2D eigenvalue weighted by atomic mass is 79.9. The Balaban J connectivity index is 1.61. The minimum Gasteiger partial charge on any atom is -0.350 e. The van der Waals surface area contributed by atoms with Gasteiger partial charge in [-0.05, 0) is 51.8 Å². The van der Waals surface area contributed by atoms with Crippen LogP contribution in [0.5, 0.6) is 0 Å². The SMILES string of the molecule is O=C1NC2(Nc3c(Br)cc(Br)cc31)C(=O)N(Cc1ccc(Cl)c(Cl)c1)c1ccccc12. The van der Waals surface area contributed by atoms with Crippen LogP contribution in [-0.2, 0) is 17.0 Å². The monoisotopic (exact) mass is 579 g/mol. The Kier molecular flexibility index (Phi) is 5.05. The molecule has 1 atom stereocenters. The molecule has 2 aliphatic rings. The molecule has 0 aliphatic carbocycles. The third-order valence-electron chi connectivity index (χ3n) is 5.40. The number of halogens is 4. The van der Waals surface area contributed by atoms with Crippen LogP contribution < -0.4 is 15.5 Å². The molecule has 1 spiro atoms. The summed E-state index contributed by atoms with van der Waals surface area (Å²) in [7, 11) is 0. The Morgan fingerprint density at radius 1 is 0.935 bits per heavy atom. The van der Waals surface area contributed by atoms with Crippen LogP contribution in [-0.4, -0.2) is 11.8 Å². The molecular weight excluding hydrogens is 569 g/mol. The van der Waals surface area contributed by atoms with E-state index in [2.05, 4.69) is 42.5 Å². The highest BCUT2D eigenvalue weighted by Gasteiger charge is 2.54. The van der Waals surface area contributed by atoms with E-state index < -0.39 is 5.66 Å². The van der Waals surface area contributed by atoms with Crippen molar-refractivity contribution >= 4 is 78.3 Å². The molecule has 5 rings (SSSR count). The van der Waals surface area contributed by atoms with E-state index in [-0.39, 0.29) is 18.4 Å². The van der Waals surface area contributed by atoms with Gasteiger partial charge in [0.05, 0.1) is 33.5 Å². The Morgan fingerprint density at radius 2 is 1.71 bits per heavy atom. The maximum absolute atomic E-state index is 13.8. The van der Waals surface area contributed by atoms with Gasteiger partial charge in [-0.15, -0.1) is 0 Å². The molecule has 2 amide bonds. The Morgan fingerprint density at radius 3 is 2.48 bits per heavy atom. The molecule has 0 radical (unpaired) electrons. The van der Waals surface area contributed by atoms with E-state index in [1.807, 2.05) is 36.4 Å². The van der Waals surface area contributed by atoms with Gasteiger partial charge in [-0.3, -0.25) is 9.59 Å². The number of rotatable bonds is 2. The zero-order valence-electron chi connectivity index (χ0n) is 15.7. The van der Waals surface area contributed by atoms with Crippen LogP contribution in [0.15, 0.2) is 63.5 Å². The lowest BCUT2D eigenvalue weighted by Crippen LogP contribution is -2.60. The van der Waals surface area contributed by atoms with E-state index in [1.54, 1.807) is 23.1 Å². The fourth-order valence-electron chi connectivity index (χ4n) is 4.01. The molecule has 3 aromatic rings. The van der Waals surface area contributed by atoms with Crippen molar-refractivity contribution in [2.24, 2.45) is 0 Å². The van der Waals surface area contributed by atoms with Gasteiger partial charge in [0.1, 0.15) is 0 Å². The number of carbonyl (C=O) groups excluding carboxylic acids is 2. The van der Waals surface area contributed by atoms with Crippen LogP contribution in [0.25, 0.3) is 0 Å². The lowest BCUT2D eigenvalue weighted by atomic mass is 9.95. The standard InChI is InChI=1S/C22H13Br2Cl2N3O2/c23-12-8-13-19(15(24)9-12)27-22(28-20(13)30)14-3-1-2-4-18(14)29(21(22)31)10-11-5-6-16(25)17(26)7-11/h1-9,27H,10H2,(H,28,30). The molecule has 5 nitrogen and oxygen atoms in total. The lowest BCUT2D eigenvalue weighted by Gasteiger charge is -2.37. The number of amides is 2. The normalized spacial score (nSPS) is 19.2. The van der Waals surface area contributed by atoms with Crippen molar-refractivity contribution in [3.63, 3.8) is 0 Å². The number of hydrogen-bond acceptors (Lipinski definition) is 3. The van der Waals surface area contributed by atoms with Crippen LogP contribution >= 0.6 is 55.1 Å². The fourth-order valence-corrected chi connectivity index (χ4v) is 5.65. The number of benzene rings is 3. The minimum absolute atomic E-state index is 0.278. The van der Waals surface area contributed by atoms with Gasteiger partial charge in [-0.2, -0.15) is 0 Å². The van der Waals surface area contributed by atoms with Gasteiger partial charge in [0.25, 0.3) is 11.8 Å². The molecule has 0 aromatic heterocycles. The first-order valence-electron chi connectivity index (χ1n) is 9.25. The molecule has 3 aromatic carbocycles. The molecule has 0 saturated carbocycles. The van der Waals surface area contributed by atoms with E-state index >= 15 is 0 Å². The third kappa shape index (κ3) is 3.26. The molecular formula is C22H13Br2Cl2N3O2. The Labute approximate surface area is 205 Å². The van der Waals surface area contributed by atoms with Gasteiger partial charge in [-0.1, -0.05) is 63.4 Å². The number of hydrogen-bond donors (Lipinski definition) is 2. The van der Waals surface area contributed by atoms with Gasteiger partial charge in [-0.25, -0.2) is 0 Å². The quantitative estimate of drug-likeness (QED) is 0.386. The second-order valence-corrected chi connectivity index (χ2v) is 9.88. The summed E-state index contributed by atoms with van der Waals surface area (Å²) >= 11 is 19.1. The van der Waals surface area contributed by atoms with Gasteiger partial charge in [0, 0.05) is 14.5 Å². The van der Waals surface area contributed by atoms with E-state index in [1.165, 1.54) is 0 Å². The second-order valence-electron chi connectivity index (χ2n) is 7.30. The number of nitrogens with zero attached hydrogens (tertiary/aromatic N) is 1. The maximum Gasteiger partial charge on any atom is 0.278 e. The number of carbonyl (C=O) groups is 2. The highest BCUT2D eigenvalue weighted by molar-refractivity contribution is 9.11. The zero-order valence-corrected chi connectivity index (χ0v) is 20.4. The van der Waals surface area contributed by atoms with Gasteiger partial charge < -0.3 is 15.5 Å². The fraction of sp³-hybridized carbons (Fsp3) is 0.0909. The predicted octanol–water partition coefficient (Wildman–Crippen LogP) is 6.07. The second kappa shape index (κ2) is 7.52. The number of nitrogens with one attached hydrogen (secondary N) is 2. The van der Waals surface area contributed by atoms with Crippen molar-refractivity contribution in [1.29, 1.82) is 0 Å². The average molecular weight is 582 g/mol. The van der Waals surface area contributed by atoms with E-state index in [9.17, 15) is 9.59 Å². The zero-order chi connectivity index (χ0) is 21.9. The largest absolute Gasteiger partial charge is 0.350 e. The topological polar surface area (TPSA) is 61.4 Å². The molecule has 2 aliphatic heterocycles. The molecule has 156 valence electrons. The van der Waals surface area contributed by atoms with E-state index in [4.69, 9.17) is 23.2 Å². The summed E-state index contributed by atoms with van der Waals surface area (Å²) in [5.41, 5.74) is 1.80. The first-order chi connectivity index (χ1) is 14.8. The Bertz CT molecular complexity index is 1280. The molecule has 1 unspecified atom stereocenters. The van der Waals surface area contributed by atoms with Crippen molar-refractivity contribution in [2.45, 2.75) is 12.2 Å². The molecule has 2 N–H and O–H groups in total. The van der Waals surface area contributed by atoms with Gasteiger partial charge >= 0.3 is 0 Å². The molecule has 0 bridgehead atoms. The summed E-state index contributed by atoms with van der Waals surface area (Å²) in [6.45, 7) is 0.278. The number of anilines is 2. The highest BCUT2D eigenvalue weighted by Crippen LogP contribution is 2.46. The number of para-hydroxylation sites is 1. The summed E-state index contributed by atoms with van der Waals surface area (Å²) in [6, 6.07) is 16.2. The van der Waals surface area contributed by atoms with Crippen molar-refractivity contribution in [3.05, 3.63) is 90.3 Å². The smallest absolute Gasteiger partial charge is 0.278 e. The van der Waals surface area contributed by atoms with Crippen LogP contribution in [0.2, 0.25) is 10.0 Å². The summed E-state index contributed by atoms with van der Waals surface area (Å²) in [6.07, 6.45) is 0. The van der Waals surface area contributed by atoms with Gasteiger partial charge in [0.15, 0.2) is 0 Å². The molecule has 2 heterocycles. The van der Waals surface area contributed by atoms with Gasteiger partial charge in [0.2, 0.25) is 5.66 Å². The first-order valence-corrected chi connectivity index (χ1v) is 11.6.